The average Bonchev–Trinajstić information content (AvgIpc) is 3.36. The molecule has 1 N–H and O–H groups in total. The lowest BCUT2D eigenvalue weighted by atomic mass is 10.3. The Morgan fingerprint density at radius 1 is 1.23 bits per heavy atom. The third-order valence-electron chi connectivity index (χ3n) is 3.74. The lowest BCUT2D eigenvalue weighted by Crippen LogP contribution is -1.96. The van der Waals surface area contributed by atoms with E-state index in [0.717, 1.165) is 11.4 Å². The number of H-pyrrole nitrogens is 1. The van der Waals surface area contributed by atoms with Gasteiger partial charge in [-0.3, -0.25) is 0 Å². The number of rotatable bonds is 4. The van der Waals surface area contributed by atoms with Crippen LogP contribution in [0.5, 0.6) is 0 Å². The van der Waals surface area contributed by atoms with E-state index in [2.05, 4.69) is 20.4 Å². The van der Waals surface area contributed by atoms with E-state index in [1.807, 2.05) is 37.3 Å². The largest absolute Gasteiger partial charge is 0.461 e. The first-order chi connectivity index (χ1) is 12.6. The average molecular weight is 385 g/mol. The van der Waals surface area contributed by atoms with Crippen molar-refractivity contribution < 1.29 is 4.42 Å². The van der Waals surface area contributed by atoms with Crippen LogP contribution in [0, 0.1) is 11.7 Å². The Morgan fingerprint density at radius 2 is 2.04 bits per heavy atom. The van der Waals surface area contributed by atoms with E-state index in [0.29, 0.717) is 27.1 Å². The molecule has 4 rings (SSSR count). The zero-order chi connectivity index (χ0) is 18.1. The van der Waals surface area contributed by atoms with Gasteiger partial charge in [0, 0.05) is 0 Å². The molecule has 0 radical (unpaired) electrons. The van der Waals surface area contributed by atoms with Crippen LogP contribution in [0.15, 0.2) is 58.2 Å². The fourth-order valence-electron chi connectivity index (χ4n) is 2.48. The van der Waals surface area contributed by atoms with Gasteiger partial charge in [0.2, 0.25) is 10.6 Å². The molecule has 0 bridgehead atoms. The third-order valence-corrected chi connectivity index (χ3v) is 4.37. The van der Waals surface area contributed by atoms with Gasteiger partial charge in [-0.25, -0.2) is 9.78 Å². The number of aromatic amines is 1. The van der Waals surface area contributed by atoms with Crippen molar-refractivity contribution in [2.24, 2.45) is 5.10 Å². The van der Waals surface area contributed by atoms with Gasteiger partial charge in [0.1, 0.15) is 5.15 Å². The molecule has 26 heavy (non-hydrogen) atoms. The number of aromatic nitrogens is 5. The molecule has 0 aliphatic carbocycles. The fourth-order valence-corrected chi connectivity index (χ4v) is 2.98. The highest BCUT2D eigenvalue weighted by Crippen LogP contribution is 2.22. The van der Waals surface area contributed by atoms with Gasteiger partial charge in [-0.2, -0.15) is 14.9 Å². The molecule has 9 heteroatoms. The predicted molar refractivity (Wildman–Crippen MR) is 101 cm³/mol. The Morgan fingerprint density at radius 3 is 2.77 bits per heavy atom. The van der Waals surface area contributed by atoms with Gasteiger partial charge in [-0.05, 0) is 43.4 Å². The summed E-state index contributed by atoms with van der Waals surface area (Å²) in [5.41, 5.74) is 2.32. The molecule has 0 aliphatic rings. The SMILES string of the molecule is Cc1nn(-c2ccccc2)c(Cl)c1/C=N/n1c(-c2ccco2)n[nH]c1=S. The third kappa shape index (κ3) is 2.89. The lowest BCUT2D eigenvalue weighted by molar-refractivity contribution is 0.573. The van der Waals surface area contributed by atoms with Gasteiger partial charge in [0.15, 0.2) is 5.76 Å². The Labute approximate surface area is 158 Å². The minimum Gasteiger partial charge on any atom is -0.461 e. The summed E-state index contributed by atoms with van der Waals surface area (Å²) in [7, 11) is 0. The highest BCUT2D eigenvalue weighted by molar-refractivity contribution is 7.71. The van der Waals surface area contributed by atoms with Crippen LogP contribution in [0.2, 0.25) is 5.15 Å². The molecule has 0 aliphatic heterocycles. The molecule has 130 valence electrons. The topological polar surface area (TPSA) is 76.9 Å². The van der Waals surface area contributed by atoms with E-state index in [9.17, 15) is 0 Å². The molecular weight excluding hydrogens is 372 g/mol. The second kappa shape index (κ2) is 6.74. The normalized spacial score (nSPS) is 11.5. The first kappa shape index (κ1) is 16.5. The minimum atomic E-state index is 0.344. The van der Waals surface area contributed by atoms with Crippen molar-refractivity contribution in [1.82, 2.24) is 24.7 Å². The van der Waals surface area contributed by atoms with Crippen LogP contribution in [-0.4, -0.2) is 30.9 Å². The van der Waals surface area contributed by atoms with Gasteiger partial charge < -0.3 is 4.42 Å². The number of nitrogens with zero attached hydrogens (tertiary/aromatic N) is 5. The molecule has 1 aromatic carbocycles. The quantitative estimate of drug-likeness (QED) is 0.422. The Balaban J connectivity index is 1.75. The molecule has 4 aromatic rings. The van der Waals surface area contributed by atoms with Crippen molar-refractivity contribution in [2.75, 3.05) is 0 Å². The number of aryl methyl sites for hydroxylation is 1. The first-order valence-electron chi connectivity index (χ1n) is 7.71. The van der Waals surface area contributed by atoms with E-state index in [1.165, 1.54) is 4.68 Å². The van der Waals surface area contributed by atoms with Gasteiger partial charge in [0.25, 0.3) is 0 Å². The van der Waals surface area contributed by atoms with E-state index < -0.39 is 0 Å². The van der Waals surface area contributed by atoms with Crippen LogP contribution < -0.4 is 0 Å². The molecule has 7 nitrogen and oxygen atoms in total. The fraction of sp³-hybridized carbons (Fsp3) is 0.0588. The zero-order valence-electron chi connectivity index (χ0n) is 13.6. The summed E-state index contributed by atoms with van der Waals surface area (Å²) in [6, 6.07) is 13.2. The van der Waals surface area contributed by atoms with Crippen molar-refractivity contribution in [3.8, 4) is 17.3 Å². The Kier molecular flexibility index (Phi) is 4.27. The van der Waals surface area contributed by atoms with Crippen molar-refractivity contribution in [1.29, 1.82) is 0 Å². The van der Waals surface area contributed by atoms with Crippen LogP contribution in [0.1, 0.15) is 11.3 Å². The number of hydrogen-bond acceptors (Lipinski definition) is 5. The second-order valence-electron chi connectivity index (χ2n) is 5.42. The summed E-state index contributed by atoms with van der Waals surface area (Å²) >= 11 is 11.8. The summed E-state index contributed by atoms with van der Waals surface area (Å²) in [6.07, 6.45) is 3.17. The van der Waals surface area contributed by atoms with Gasteiger partial charge in [-0.15, -0.1) is 5.10 Å². The van der Waals surface area contributed by atoms with Crippen molar-refractivity contribution in [3.05, 3.63) is 69.9 Å². The summed E-state index contributed by atoms with van der Waals surface area (Å²) in [6.45, 7) is 1.87. The van der Waals surface area contributed by atoms with E-state index in [4.69, 9.17) is 28.2 Å². The first-order valence-corrected chi connectivity index (χ1v) is 8.50. The molecule has 0 unspecified atom stereocenters. The predicted octanol–water partition coefficient (Wildman–Crippen LogP) is 4.23. The number of para-hydroxylation sites is 1. The summed E-state index contributed by atoms with van der Waals surface area (Å²) < 4.78 is 8.86. The molecular formula is C17H13ClN6OS. The van der Waals surface area contributed by atoms with Crippen molar-refractivity contribution in [2.45, 2.75) is 6.92 Å². The van der Waals surface area contributed by atoms with E-state index in [-0.39, 0.29) is 0 Å². The van der Waals surface area contributed by atoms with Crippen LogP contribution in [0.4, 0.5) is 0 Å². The number of nitrogens with one attached hydrogen (secondary N) is 1. The zero-order valence-corrected chi connectivity index (χ0v) is 15.2. The molecule has 3 aromatic heterocycles. The summed E-state index contributed by atoms with van der Waals surface area (Å²) in [5, 5.41) is 16.2. The van der Waals surface area contributed by atoms with Gasteiger partial charge >= 0.3 is 0 Å². The maximum atomic E-state index is 6.52. The smallest absolute Gasteiger partial charge is 0.219 e. The lowest BCUT2D eigenvalue weighted by Gasteiger charge is -2.02. The van der Waals surface area contributed by atoms with Crippen molar-refractivity contribution in [3.63, 3.8) is 0 Å². The highest BCUT2D eigenvalue weighted by Gasteiger charge is 2.14. The Hall–Kier alpha value is -2.97. The maximum absolute atomic E-state index is 6.52. The molecule has 3 heterocycles. The van der Waals surface area contributed by atoms with Crippen LogP contribution in [0.25, 0.3) is 17.3 Å². The number of halogens is 1. The molecule has 0 saturated heterocycles. The standard InChI is InChI=1S/C17H13ClN6OS/c1-11-13(15(18)23(22-11)12-6-3-2-4-7-12)10-19-24-16(20-21-17(24)26)14-8-5-9-25-14/h2-10H,1H3,(H,21,26)/b19-10+. The molecule has 0 atom stereocenters. The van der Waals surface area contributed by atoms with Crippen molar-refractivity contribution >= 4 is 30.0 Å². The number of benzene rings is 1. The van der Waals surface area contributed by atoms with Crippen LogP contribution in [0.3, 0.4) is 0 Å². The van der Waals surface area contributed by atoms with E-state index >= 15 is 0 Å². The number of hydrogen-bond donors (Lipinski definition) is 1. The van der Waals surface area contributed by atoms with Crippen LogP contribution >= 0.6 is 23.8 Å². The summed E-state index contributed by atoms with van der Waals surface area (Å²) in [4.78, 5) is 0. The monoisotopic (exact) mass is 384 g/mol. The molecule has 0 spiro atoms. The maximum Gasteiger partial charge on any atom is 0.219 e. The molecule has 0 saturated carbocycles. The molecule has 0 amide bonds. The Bertz CT molecular complexity index is 1120. The van der Waals surface area contributed by atoms with E-state index in [1.54, 1.807) is 29.3 Å². The van der Waals surface area contributed by atoms with Gasteiger partial charge in [0.05, 0.1) is 29.4 Å². The summed E-state index contributed by atoms with van der Waals surface area (Å²) in [5.74, 6) is 1.03. The molecule has 0 fully saturated rings. The van der Waals surface area contributed by atoms with Gasteiger partial charge in [-0.1, -0.05) is 29.8 Å². The minimum absolute atomic E-state index is 0.344. The second-order valence-corrected chi connectivity index (χ2v) is 6.17. The number of furan rings is 1. The highest BCUT2D eigenvalue weighted by atomic mass is 35.5. The van der Waals surface area contributed by atoms with Crippen LogP contribution in [-0.2, 0) is 0 Å².